The molecule has 3 rings (SSSR count). The van der Waals surface area contributed by atoms with Crippen molar-refractivity contribution >= 4 is 11.8 Å². The highest BCUT2D eigenvalue weighted by molar-refractivity contribution is 5.86. The number of nitrogens with zero attached hydrogens (tertiary/aromatic N) is 2. The van der Waals surface area contributed by atoms with Gasteiger partial charge in [0, 0.05) is 19.7 Å². The van der Waals surface area contributed by atoms with Crippen LogP contribution in [0.25, 0.3) is 0 Å². The smallest absolute Gasteiger partial charge is 0.242 e. The molecular formula is C23H27FN2O4. The molecule has 0 aliphatic carbocycles. The SMILES string of the molecule is C=CCN(CC(=O)N(Cc1ccco1)CC1CCCO1)C(=O)Cc1ccc(F)cc1. The number of carbonyl (C=O) groups is 2. The number of furan rings is 1. The van der Waals surface area contributed by atoms with Gasteiger partial charge in [0.05, 0.1) is 25.3 Å². The van der Waals surface area contributed by atoms with Gasteiger partial charge >= 0.3 is 0 Å². The van der Waals surface area contributed by atoms with Gasteiger partial charge in [0.25, 0.3) is 0 Å². The number of carbonyl (C=O) groups excluding carboxylic acids is 2. The Kier molecular flexibility index (Phi) is 7.79. The second kappa shape index (κ2) is 10.7. The molecular weight excluding hydrogens is 387 g/mol. The van der Waals surface area contributed by atoms with Crippen molar-refractivity contribution in [3.8, 4) is 0 Å². The Balaban J connectivity index is 1.66. The summed E-state index contributed by atoms with van der Waals surface area (Å²) in [7, 11) is 0. The molecule has 2 aromatic rings. The van der Waals surface area contributed by atoms with Gasteiger partial charge in [-0.05, 0) is 42.7 Å². The van der Waals surface area contributed by atoms with Gasteiger partial charge in [0.15, 0.2) is 0 Å². The third-order valence-electron chi connectivity index (χ3n) is 5.02. The van der Waals surface area contributed by atoms with Crippen molar-refractivity contribution in [2.24, 2.45) is 0 Å². The van der Waals surface area contributed by atoms with Crippen LogP contribution in [0.1, 0.15) is 24.2 Å². The minimum absolute atomic E-state index is 0.00770. The van der Waals surface area contributed by atoms with Gasteiger partial charge in [0.2, 0.25) is 11.8 Å². The van der Waals surface area contributed by atoms with Crippen LogP contribution in [0.5, 0.6) is 0 Å². The van der Waals surface area contributed by atoms with E-state index in [0.717, 1.165) is 12.8 Å². The van der Waals surface area contributed by atoms with Crippen LogP contribution < -0.4 is 0 Å². The average Bonchev–Trinajstić information content (AvgIpc) is 3.43. The van der Waals surface area contributed by atoms with E-state index < -0.39 is 0 Å². The molecule has 1 unspecified atom stereocenters. The summed E-state index contributed by atoms with van der Waals surface area (Å²) in [5.74, 6) is -0.0811. The Morgan fingerprint density at radius 2 is 1.97 bits per heavy atom. The van der Waals surface area contributed by atoms with Gasteiger partial charge in [-0.25, -0.2) is 4.39 Å². The van der Waals surface area contributed by atoms with Crippen molar-refractivity contribution in [3.63, 3.8) is 0 Å². The predicted molar refractivity (Wildman–Crippen MR) is 110 cm³/mol. The minimum atomic E-state index is -0.355. The molecule has 160 valence electrons. The normalized spacial score (nSPS) is 15.7. The van der Waals surface area contributed by atoms with Crippen molar-refractivity contribution < 1.29 is 23.1 Å². The van der Waals surface area contributed by atoms with Crippen molar-refractivity contribution in [2.45, 2.75) is 31.9 Å². The van der Waals surface area contributed by atoms with Crippen molar-refractivity contribution in [2.75, 3.05) is 26.2 Å². The number of hydrogen-bond donors (Lipinski definition) is 0. The Morgan fingerprint density at radius 1 is 1.17 bits per heavy atom. The van der Waals surface area contributed by atoms with Crippen LogP contribution >= 0.6 is 0 Å². The van der Waals surface area contributed by atoms with Crippen molar-refractivity contribution in [1.82, 2.24) is 9.80 Å². The fraction of sp³-hybridized carbons (Fsp3) is 0.391. The first-order valence-electron chi connectivity index (χ1n) is 10.1. The molecule has 1 saturated heterocycles. The molecule has 1 aliphatic rings. The third-order valence-corrected chi connectivity index (χ3v) is 5.02. The Morgan fingerprint density at radius 3 is 2.60 bits per heavy atom. The molecule has 1 aromatic carbocycles. The van der Waals surface area contributed by atoms with Crippen LogP contribution in [0.4, 0.5) is 4.39 Å². The van der Waals surface area contributed by atoms with Gasteiger partial charge in [-0.3, -0.25) is 9.59 Å². The van der Waals surface area contributed by atoms with E-state index in [0.29, 0.717) is 31.0 Å². The van der Waals surface area contributed by atoms with E-state index >= 15 is 0 Å². The molecule has 1 aromatic heterocycles. The van der Waals surface area contributed by atoms with Gasteiger partial charge in [-0.15, -0.1) is 6.58 Å². The number of ether oxygens (including phenoxy) is 1. The zero-order chi connectivity index (χ0) is 21.3. The van der Waals surface area contributed by atoms with Gasteiger partial charge < -0.3 is 19.0 Å². The van der Waals surface area contributed by atoms with Crippen LogP contribution in [0, 0.1) is 5.82 Å². The van der Waals surface area contributed by atoms with Gasteiger partial charge in [0.1, 0.15) is 18.1 Å². The monoisotopic (exact) mass is 414 g/mol. The summed E-state index contributed by atoms with van der Waals surface area (Å²) in [4.78, 5) is 29.0. The molecule has 0 saturated carbocycles. The average molecular weight is 414 g/mol. The maximum absolute atomic E-state index is 13.1. The van der Waals surface area contributed by atoms with Crippen LogP contribution in [0.3, 0.4) is 0 Å². The molecule has 1 atom stereocenters. The molecule has 7 heteroatoms. The molecule has 6 nitrogen and oxygen atoms in total. The number of rotatable bonds is 10. The fourth-order valence-corrected chi connectivity index (χ4v) is 3.44. The van der Waals surface area contributed by atoms with E-state index in [1.54, 1.807) is 35.4 Å². The predicted octanol–water partition coefficient (Wildman–Crippen LogP) is 3.18. The zero-order valence-electron chi connectivity index (χ0n) is 17.0. The van der Waals surface area contributed by atoms with Crippen LogP contribution in [-0.4, -0.2) is 54.0 Å². The lowest BCUT2D eigenvalue weighted by atomic mass is 10.1. The highest BCUT2D eigenvalue weighted by Crippen LogP contribution is 2.16. The van der Waals surface area contributed by atoms with Crippen molar-refractivity contribution in [1.29, 1.82) is 0 Å². The Labute approximate surface area is 175 Å². The molecule has 1 fully saturated rings. The lowest BCUT2D eigenvalue weighted by Crippen LogP contribution is -2.45. The summed E-state index contributed by atoms with van der Waals surface area (Å²) >= 11 is 0. The van der Waals surface area contributed by atoms with E-state index in [4.69, 9.17) is 9.15 Å². The van der Waals surface area contributed by atoms with E-state index in [9.17, 15) is 14.0 Å². The van der Waals surface area contributed by atoms with E-state index in [1.807, 2.05) is 6.07 Å². The number of hydrogen-bond acceptors (Lipinski definition) is 4. The van der Waals surface area contributed by atoms with E-state index in [2.05, 4.69) is 6.58 Å². The summed E-state index contributed by atoms with van der Waals surface area (Å²) in [5.41, 5.74) is 0.690. The summed E-state index contributed by atoms with van der Waals surface area (Å²) in [6.45, 7) is 5.35. The van der Waals surface area contributed by atoms with E-state index in [-0.39, 0.29) is 43.2 Å². The minimum Gasteiger partial charge on any atom is -0.467 e. The van der Waals surface area contributed by atoms with Gasteiger partial charge in [-0.1, -0.05) is 18.2 Å². The third kappa shape index (κ3) is 6.29. The largest absolute Gasteiger partial charge is 0.467 e. The molecule has 0 bridgehead atoms. The zero-order valence-corrected chi connectivity index (χ0v) is 17.0. The first kappa shape index (κ1) is 21.8. The van der Waals surface area contributed by atoms with Crippen LogP contribution in [0.15, 0.2) is 59.7 Å². The van der Waals surface area contributed by atoms with E-state index in [1.165, 1.54) is 17.0 Å². The van der Waals surface area contributed by atoms with Gasteiger partial charge in [-0.2, -0.15) is 0 Å². The maximum Gasteiger partial charge on any atom is 0.242 e. The molecule has 0 radical (unpaired) electrons. The number of halogens is 1. The molecule has 30 heavy (non-hydrogen) atoms. The Bertz CT molecular complexity index is 829. The lowest BCUT2D eigenvalue weighted by Gasteiger charge is -2.28. The molecule has 2 heterocycles. The summed E-state index contributed by atoms with van der Waals surface area (Å²) < 4.78 is 24.2. The Hall–Kier alpha value is -2.93. The standard InChI is InChI=1S/C23H27FN2O4/c1-2-11-25(22(27)14-18-7-9-19(24)10-8-18)17-23(28)26(15-20-5-3-12-29-20)16-21-6-4-13-30-21/h2-3,5,7-10,12,21H,1,4,6,11,13-17H2. The quantitative estimate of drug-likeness (QED) is 0.560. The molecule has 0 spiro atoms. The second-order valence-corrected chi connectivity index (χ2v) is 7.35. The lowest BCUT2D eigenvalue weighted by molar-refractivity contribution is -0.141. The first-order chi connectivity index (χ1) is 14.5. The maximum atomic E-state index is 13.1. The summed E-state index contributed by atoms with van der Waals surface area (Å²) in [5, 5.41) is 0. The highest BCUT2D eigenvalue weighted by atomic mass is 19.1. The molecule has 0 N–H and O–H groups in total. The molecule has 2 amide bonds. The van der Waals surface area contributed by atoms with Crippen molar-refractivity contribution in [3.05, 3.63) is 72.5 Å². The second-order valence-electron chi connectivity index (χ2n) is 7.35. The fourth-order valence-electron chi connectivity index (χ4n) is 3.44. The van der Waals surface area contributed by atoms with Crippen LogP contribution in [0.2, 0.25) is 0 Å². The number of benzene rings is 1. The summed E-state index contributed by atoms with van der Waals surface area (Å²) in [6.07, 6.45) is 5.12. The highest BCUT2D eigenvalue weighted by Gasteiger charge is 2.26. The number of amides is 2. The first-order valence-corrected chi connectivity index (χ1v) is 10.1. The summed E-state index contributed by atoms with van der Waals surface area (Å²) in [6, 6.07) is 9.37. The molecule has 1 aliphatic heterocycles. The topological polar surface area (TPSA) is 63.0 Å². The van der Waals surface area contributed by atoms with Crippen LogP contribution in [-0.2, 0) is 27.3 Å².